The van der Waals surface area contributed by atoms with Gasteiger partial charge in [0.1, 0.15) is 5.84 Å². The van der Waals surface area contributed by atoms with Gasteiger partial charge in [-0.3, -0.25) is 5.41 Å². The summed E-state index contributed by atoms with van der Waals surface area (Å²) in [4.78, 5) is 1.60. The molecule has 0 spiro atoms. The van der Waals surface area contributed by atoms with E-state index in [2.05, 4.69) is 13.2 Å². The quantitative estimate of drug-likeness (QED) is 0.731. The Kier molecular flexibility index (Phi) is 5.06. The van der Waals surface area contributed by atoms with Gasteiger partial charge in [-0.1, -0.05) is 25.3 Å². The molecule has 0 amide bonds. The van der Waals surface area contributed by atoms with Crippen molar-refractivity contribution in [1.29, 1.82) is 5.41 Å². The number of alkyl halides is 3. The Morgan fingerprint density at radius 2 is 2.21 bits per heavy atom. The highest BCUT2D eigenvalue weighted by molar-refractivity contribution is 6.17. The van der Waals surface area contributed by atoms with E-state index in [1.165, 1.54) is 12.3 Å². The summed E-state index contributed by atoms with van der Waals surface area (Å²) in [6.07, 6.45) is 5.23. The average Bonchev–Trinajstić information content (AvgIpc) is 2.63. The summed E-state index contributed by atoms with van der Waals surface area (Å²) < 4.78 is 26.8. The molecule has 104 valence electrons. The van der Waals surface area contributed by atoms with Crippen LogP contribution < -0.4 is 0 Å². The van der Waals surface area contributed by atoms with Gasteiger partial charge in [-0.15, -0.1) is 11.6 Å². The van der Waals surface area contributed by atoms with Gasteiger partial charge in [-0.25, -0.2) is 8.78 Å². The summed E-state index contributed by atoms with van der Waals surface area (Å²) in [5.74, 6) is -2.39. The monoisotopic (exact) mass is 286 g/mol. The molecule has 0 aromatic rings. The number of amidine groups is 1. The summed E-state index contributed by atoms with van der Waals surface area (Å²) in [7, 11) is 0. The number of hydrogen-bond donors (Lipinski definition) is 1. The summed E-state index contributed by atoms with van der Waals surface area (Å²) in [6.45, 7) is 8.31. The van der Waals surface area contributed by atoms with Crippen LogP contribution in [0.2, 0.25) is 0 Å². The maximum Gasteiger partial charge on any atom is 0.270 e. The minimum Gasteiger partial charge on any atom is -0.332 e. The lowest BCUT2D eigenvalue weighted by Crippen LogP contribution is -2.23. The Labute approximate surface area is 117 Å². The normalized spacial score (nSPS) is 17.9. The Balaban J connectivity index is 3.10. The summed E-state index contributed by atoms with van der Waals surface area (Å²) in [5.41, 5.74) is 0.404. The van der Waals surface area contributed by atoms with Crippen molar-refractivity contribution < 1.29 is 8.78 Å². The Morgan fingerprint density at radius 1 is 1.58 bits per heavy atom. The van der Waals surface area contributed by atoms with E-state index in [1.807, 2.05) is 0 Å². The summed E-state index contributed by atoms with van der Waals surface area (Å²) in [6, 6.07) is 0. The van der Waals surface area contributed by atoms with Crippen LogP contribution in [-0.2, 0) is 0 Å². The molecule has 2 nitrogen and oxygen atoms in total. The number of halogens is 3. The molecule has 0 saturated carbocycles. The number of hydrogen-bond acceptors (Lipinski definition) is 1. The Bertz CT molecular complexity index is 459. The highest BCUT2D eigenvalue weighted by Gasteiger charge is 2.34. The van der Waals surface area contributed by atoms with E-state index in [0.29, 0.717) is 24.4 Å². The van der Waals surface area contributed by atoms with Crippen LogP contribution in [0.1, 0.15) is 13.3 Å². The molecule has 1 aliphatic rings. The van der Waals surface area contributed by atoms with Crippen molar-refractivity contribution in [1.82, 2.24) is 4.90 Å². The standard InChI is InChI=1S/C14H17ClF2N2/c1-4-6-11-12(10(2)14(3,16)17)9-19(13(11)18)8-5-7-15/h4,6,9,18H,1-2,5,7-8H2,3H3/b11-6-,18-13?. The number of nitrogens with one attached hydrogen (secondary N) is 1. The van der Waals surface area contributed by atoms with E-state index in [4.69, 9.17) is 17.0 Å². The van der Waals surface area contributed by atoms with Crippen molar-refractivity contribution in [3.63, 3.8) is 0 Å². The molecule has 1 aliphatic heterocycles. The molecule has 0 aliphatic carbocycles. The molecule has 0 atom stereocenters. The zero-order valence-electron chi connectivity index (χ0n) is 10.8. The third-order valence-electron chi connectivity index (χ3n) is 2.79. The maximum atomic E-state index is 13.4. The van der Waals surface area contributed by atoms with E-state index in [-0.39, 0.29) is 17.0 Å². The van der Waals surface area contributed by atoms with Crippen molar-refractivity contribution in [3.05, 3.63) is 48.2 Å². The average molecular weight is 287 g/mol. The second kappa shape index (κ2) is 6.15. The lowest BCUT2D eigenvalue weighted by atomic mass is 9.97. The molecule has 0 unspecified atom stereocenters. The van der Waals surface area contributed by atoms with Crippen molar-refractivity contribution >= 4 is 17.4 Å². The SMILES string of the molecule is C=C/C=C1\C(=N)N(CCCCl)C=C1C(=C)C(C)(F)F. The van der Waals surface area contributed by atoms with Gasteiger partial charge < -0.3 is 4.90 Å². The van der Waals surface area contributed by atoms with Gasteiger partial charge in [0.15, 0.2) is 0 Å². The first-order valence-electron chi connectivity index (χ1n) is 5.87. The first-order valence-corrected chi connectivity index (χ1v) is 6.40. The zero-order chi connectivity index (χ0) is 14.6. The molecule has 5 heteroatoms. The van der Waals surface area contributed by atoms with Crippen LogP contribution in [-0.4, -0.2) is 29.1 Å². The summed E-state index contributed by atoms with van der Waals surface area (Å²) in [5, 5.41) is 8.00. The molecule has 0 aromatic carbocycles. The van der Waals surface area contributed by atoms with Gasteiger partial charge >= 0.3 is 0 Å². The van der Waals surface area contributed by atoms with Gasteiger partial charge in [-0.2, -0.15) is 0 Å². The van der Waals surface area contributed by atoms with Gasteiger partial charge in [0.25, 0.3) is 5.92 Å². The van der Waals surface area contributed by atoms with Crippen LogP contribution in [0, 0.1) is 5.41 Å². The van der Waals surface area contributed by atoms with Crippen molar-refractivity contribution in [2.75, 3.05) is 12.4 Å². The van der Waals surface area contributed by atoms with Crippen LogP contribution in [0.15, 0.2) is 48.2 Å². The third-order valence-corrected chi connectivity index (χ3v) is 3.06. The van der Waals surface area contributed by atoms with Gasteiger partial charge in [0, 0.05) is 42.3 Å². The van der Waals surface area contributed by atoms with E-state index >= 15 is 0 Å². The second-order valence-electron chi connectivity index (χ2n) is 4.31. The Hall–Kier alpha value is -1.42. The van der Waals surface area contributed by atoms with Crippen molar-refractivity contribution in [2.45, 2.75) is 19.3 Å². The first-order chi connectivity index (χ1) is 8.82. The molecule has 0 aromatic heterocycles. The molecule has 1 rings (SSSR count). The van der Waals surface area contributed by atoms with Crippen molar-refractivity contribution in [2.24, 2.45) is 0 Å². The lowest BCUT2D eigenvalue weighted by molar-refractivity contribution is 0.0668. The van der Waals surface area contributed by atoms with E-state index in [0.717, 1.165) is 6.92 Å². The highest BCUT2D eigenvalue weighted by Crippen LogP contribution is 2.36. The Morgan fingerprint density at radius 3 is 2.68 bits per heavy atom. The zero-order valence-corrected chi connectivity index (χ0v) is 11.6. The van der Waals surface area contributed by atoms with Gasteiger partial charge in [0.05, 0.1) is 0 Å². The number of rotatable bonds is 6. The lowest BCUT2D eigenvalue weighted by Gasteiger charge is -2.15. The molecular weight excluding hydrogens is 270 g/mol. The van der Waals surface area contributed by atoms with Gasteiger partial charge in [-0.05, 0) is 6.42 Å². The van der Waals surface area contributed by atoms with Gasteiger partial charge in [0.2, 0.25) is 0 Å². The smallest absolute Gasteiger partial charge is 0.270 e. The van der Waals surface area contributed by atoms with E-state index in [1.54, 1.807) is 11.0 Å². The predicted molar refractivity (Wildman–Crippen MR) is 75.9 cm³/mol. The molecule has 0 bridgehead atoms. The molecule has 0 fully saturated rings. The molecule has 0 radical (unpaired) electrons. The maximum absolute atomic E-state index is 13.4. The first kappa shape index (κ1) is 15.6. The highest BCUT2D eigenvalue weighted by atomic mass is 35.5. The van der Waals surface area contributed by atoms with Crippen molar-refractivity contribution in [3.8, 4) is 0 Å². The molecule has 1 heterocycles. The molecule has 1 N–H and O–H groups in total. The van der Waals surface area contributed by atoms with Crippen LogP contribution in [0.25, 0.3) is 0 Å². The molecular formula is C14H17ClF2N2. The minimum atomic E-state index is -3.02. The van der Waals surface area contributed by atoms with Crippen LogP contribution in [0.5, 0.6) is 0 Å². The second-order valence-corrected chi connectivity index (χ2v) is 4.69. The number of allylic oxidation sites excluding steroid dienone is 3. The number of nitrogens with zero attached hydrogens (tertiary/aromatic N) is 1. The van der Waals surface area contributed by atoms with Crippen LogP contribution >= 0.6 is 11.6 Å². The van der Waals surface area contributed by atoms with E-state index in [9.17, 15) is 8.78 Å². The minimum absolute atomic E-state index is 0.172. The fourth-order valence-electron chi connectivity index (χ4n) is 1.74. The largest absolute Gasteiger partial charge is 0.332 e. The fraction of sp³-hybridized carbons (Fsp3) is 0.357. The van der Waals surface area contributed by atoms with Crippen LogP contribution in [0.3, 0.4) is 0 Å². The topological polar surface area (TPSA) is 27.1 Å². The molecule has 0 saturated heterocycles. The predicted octanol–water partition coefficient (Wildman–Crippen LogP) is 4.12. The third kappa shape index (κ3) is 3.53. The van der Waals surface area contributed by atoms with E-state index < -0.39 is 5.92 Å². The van der Waals surface area contributed by atoms with Crippen LogP contribution in [0.4, 0.5) is 8.78 Å². The fourth-order valence-corrected chi connectivity index (χ4v) is 1.86. The molecule has 19 heavy (non-hydrogen) atoms. The summed E-state index contributed by atoms with van der Waals surface area (Å²) >= 11 is 5.61.